The van der Waals surface area contributed by atoms with E-state index in [0.717, 1.165) is 12.1 Å². The van der Waals surface area contributed by atoms with Crippen LogP contribution in [-0.2, 0) is 15.1 Å². The van der Waals surface area contributed by atoms with E-state index in [1.807, 2.05) is 0 Å². The predicted octanol–water partition coefficient (Wildman–Crippen LogP) is 2.74. The van der Waals surface area contributed by atoms with Gasteiger partial charge in [-0.3, -0.25) is 9.59 Å². The molecule has 1 aliphatic rings. The van der Waals surface area contributed by atoms with Crippen molar-refractivity contribution in [2.45, 2.75) is 32.2 Å². The molecular formula is C18H22F2N2O2. The van der Waals surface area contributed by atoms with E-state index in [1.165, 1.54) is 12.1 Å². The van der Waals surface area contributed by atoms with Gasteiger partial charge in [0.05, 0.1) is 5.54 Å². The molecule has 0 spiro atoms. The third-order valence-electron chi connectivity index (χ3n) is 4.43. The van der Waals surface area contributed by atoms with Gasteiger partial charge in [0.1, 0.15) is 0 Å². The van der Waals surface area contributed by atoms with Crippen molar-refractivity contribution in [1.29, 1.82) is 0 Å². The van der Waals surface area contributed by atoms with Crippen LogP contribution in [0.5, 0.6) is 0 Å². The van der Waals surface area contributed by atoms with Gasteiger partial charge in [-0.25, -0.2) is 8.78 Å². The molecule has 4 nitrogen and oxygen atoms in total. The highest BCUT2D eigenvalue weighted by molar-refractivity contribution is 5.87. The molecule has 2 amide bonds. The summed E-state index contributed by atoms with van der Waals surface area (Å²) in [4.78, 5) is 25.7. The lowest BCUT2D eigenvalue weighted by Gasteiger charge is -2.34. The molecule has 6 heteroatoms. The van der Waals surface area contributed by atoms with E-state index in [0.29, 0.717) is 31.5 Å². The number of nitrogens with one attached hydrogen (secondary N) is 1. The van der Waals surface area contributed by atoms with Crippen molar-refractivity contribution >= 4 is 11.8 Å². The number of piperidine rings is 1. The Balaban J connectivity index is 1.99. The topological polar surface area (TPSA) is 49.4 Å². The molecule has 1 aromatic rings. The third-order valence-corrected chi connectivity index (χ3v) is 4.43. The van der Waals surface area contributed by atoms with Gasteiger partial charge < -0.3 is 10.2 Å². The van der Waals surface area contributed by atoms with Crippen LogP contribution in [0.2, 0.25) is 0 Å². The number of rotatable bonds is 4. The Bertz CT molecular complexity index is 650. The first-order valence-electron chi connectivity index (χ1n) is 7.93. The summed E-state index contributed by atoms with van der Waals surface area (Å²) in [6.45, 7) is 7.96. The highest BCUT2D eigenvalue weighted by Gasteiger charge is 2.31. The normalized spacial score (nSPS) is 15.9. The Hall–Kier alpha value is -2.24. The van der Waals surface area contributed by atoms with Crippen molar-refractivity contribution < 1.29 is 18.4 Å². The number of hydrogen-bond acceptors (Lipinski definition) is 2. The van der Waals surface area contributed by atoms with Crippen molar-refractivity contribution in [3.63, 3.8) is 0 Å². The van der Waals surface area contributed by atoms with E-state index in [-0.39, 0.29) is 17.7 Å². The average molecular weight is 336 g/mol. The van der Waals surface area contributed by atoms with Gasteiger partial charge in [-0.05, 0) is 50.5 Å². The zero-order chi connectivity index (χ0) is 17.9. The Morgan fingerprint density at radius 2 is 1.88 bits per heavy atom. The summed E-state index contributed by atoms with van der Waals surface area (Å²) < 4.78 is 26.5. The standard InChI is InChI=1S/C18H22F2N2O2/c1-4-16(23)22-9-7-12(8-10-22)17(24)21-18(2,3)13-5-6-14(19)15(20)11-13/h4-6,11-12H,1,7-10H2,2-3H3,(H,21,24). The first kappa shape index (κ1) is 18.1. The maximum Gasteiger partial charge on any atom is 0.245 e. The quantitative estimate of drug-likeness (QED) is 0.860. The highest BCUT2D eigenvalue weighted by Crippen LogP contribution is 2.24. The summed E-state index contributed by atoms with van der Waals surface area (Å²) in [6.07, 6.45) is 2.41. The van der Waals surface area contributed by atoms with Crippen molar-refractivity contribution in [3.05, 3.63) is 48.1 Å². The lowest BCUT2D eigenvalue weighted by atomic mass is 9.90. The van der Waals surface area contributed by atoms with Gasteiger partial charge in [0.15, 0.2) is 11.6 Å². The predicted molar refractivity (Wildman–Crippen MR) is 87.0 cm³/mol. The monoisotopic (exact) mass is 336 g/mol. The van der Waals surface area contributed by atoms with Gasteiger partial charge in [0.25, 0.3) is 0 Å². The SMILES string of the molecule is C=CC(=O)N1CCC(C(=O)NC(C)(C)c2ccc(F)c(F)c2)CC1. The second-order valence-electron chi connectivity index (χ2n) is 6.55. The summed E-state index contributed by atoms with van der Waals surface area (Å²) in [7, 11) is 0. The largest absolute Gasteiger partial charge is 0.347 e. The molecule has 0 saturated carbocycles. The zero-order valence-corrected chi connectivity index (χ0v) is 13.9. The summed E-state index contributed by atoms with van der Waals surface area (Å²) >= 11 is 0. The van der Waals surface area contributed by atoms with Crippen molar-refractivity contribution in [1.82, 2.24) is 10.2 Å². The van der Waals surface area contributed by atoms with E-state index >= 15 is 0 Å². The van der Waals surface area contributed by atoms with Gasteiger partial charge in [0, 0.05) is 19.0 Å². The van der Waals surface area contributed by atoms with Crippen molar-refractivity contribution in [3.8, 4) is 0 Å². The molecule has 0 aliphatic carbocycles. The van der Waals surface area contributed by atoms with Gasteiger partial charge in [-0.15, -0.1) is 0 Å². The number of benzene rings is 1. The van der Waals surface area contributed by atoms with Crippen LogP contribution < -0.4 is 5.32 Å². The minimum Gasteiger partial charge on any atom is -0.347 e. The zero-order valence-electron chi connectivity index (χ0n) is 13.9. The molecule has 2 rings (SSSR count). The molecule has 0 atom stereocenters. The molecule has 1 aliphatic heterocycles. The Morgan fingerprint density at radius 1 is 1.25 bits per heavy atom. The van der Waals surface area contributed by atoms with E-state index in [9.17, 15) is 18.4 Å². The highest BCUT2D eigenvalue weighted by atomic mass is 19.2. The van der Waals surface area contributed by atoms with E-state index < -0.39 is 17.2 Å². The minimum absolute atomic E-state index is 0.129. The molecular weight excluding hydrogens is 314 g/mol. The molecule has 1 aromatic carbocycles. The van der Waals surface area contributed by atoms with Crippen LogP contribution in [0.1, 0.15) is 32.3 Å². The number of amides is 2. The number of hydrogen-bond donors (Lipinski definition) is 1. The fourth-order valence-corrected chi connectivity index (χ4v) is 2.86. The molecule has 0 aromatic heterocycles. The lowest BCUT2D eigenvalue weighted by Crippen LogP contribution is -2.47. The third kappa shape index (κ3) is 3.99. The second-order valence-corrected chi connectivity index (χ2v) is 6.55. The number of likely N-dealkylation sites (tertiary alicyclic amines) is 1. The lowest BCUT2D eigenvalue weighted by molar-refractivity contribution is -0.133. The summed E-state index contributed by atoms with van der Waals surface area (Å²) in [6, 6.07) is 3.61. The van der Waals surface area contributed by atoms with Crippen LogP contribution in [0.3, 0.4) is 0 Å². The second kappa shape index (κ2) is 7.11. The molecule has 24 heavy (non-hydrogen) atoms. The molecule has 1 saturated heterocycles. The molecule has 0 unspecified atom stereocenters. The van der Waals surface area contributed by atoms with Crippen LogP contribution in [0.4, 0.5) is 8.78 Å². The Morgan fingerprint density at radius 3 is 2.42 bits per heavy atom. The van der Waals surface area contributed by atoms with Crippen LogP contribution in [0.15, 0.2) is 30.9 Å². The molecule has 1 heterocycles. The molecule has 0 bridgehead atoms. The first-order chi connectivity index (χ1) is 11.2. The maximum atomic E-state index is 13.4. The number of carbonyl (C=O) groups is 2. The van der Waals surface area contributed by atoms with Crippen molar-refractivity contribution in [2.24, 2.45) is 5.92 Å². The summed E-state index contributed by atoms with van der Waals surface area (Å²) in [5.74, 6) is -2.33. The number of carbonyl (C=O) groups excluding carboxylic acids is 2. The van der Waals surface area contributed by atoms with Gasteiger partial charge in [0.2, 0.25) is 11.8 Å². The van der Waals surface area contributed by atoms with Crippen molar-refractivity contribution in [2.75, 3.05) is 13.1 Å². The summed E-state index contributed by atoms with van der Waals surface area (Å²) in [5, 5.41) is 2.90. The van der Waals surface area contributed by atoms with Gasteiger partial charge in [-0.2, -0.15) is 0 Å². The van der Waals surface area contributed by atoms with E-state index in [2.05, 4.69) is 11.9 Å². The smallest absolute Gasteiger partial charge is 0.245 e. The Kier molecular flexibility index (Phi) is 5.36. The minimum atomic E-state index is -0.939. The average Bonchev–Trinajstić information content (AvgIpc) is 2.56. The first-order valence-corrected chi connectivity index (χ1v) is 7.93. The summed E-state index contributed by atoms with van der Waals surface area (Å²) in [5.41, 5.74) is -0.325. The molecule has 130 valence electrons. The maximum absolute atomic E-state index is 13.4. The number of halogens is 2. The van der Waals surface area contributed by atoms with Crippen LogP contribution >= 0.6 is 0 Å². The van der Waals surface area contributed by atoms with E-state index in [4.69, 9.17) is 0 Å². The van der Waals surface area contributed by atoms with Gasteiger partial charge in [-0.1, -0.05) is 12.6 Å². The fourth-order valence-electron chi connectivity index (χ4n) is 2.86. The molecule has 0 radical (unpaired) electrons. The van der Waals surface area contributed by atoms with Crippen LogP contribution in [0, 0.1) is 17.6 Å². The van der Waals surface area contributed by atoms with E-state index in [1.54, 1.807) is 18.7 Å². The molecule has 1 N–H and O–H groups in total. The number of nitrogens with zero attached hydrogens (tertiary/aromatic N) is 1. The Labute approximate surface area is 140 Å². The van der Waals surface area contributed by atoms with Crippen LogP contribution in [-0.4, -0.2) is 29.8 Å². The van der Waals surface area contributed by atoms with Crippen LogP contribution in [0.25, 0.3) is 0 Å². The molecule has 1 fully saturated rings. The van der Waals surface area contributed by atoms with Gasteiger partial charge >= 0.3 is 0 Å². The fraction of sp³-hybridized carbons (Fsp3) is 0.444.